The second kappa shape index (κ2) is 10.6. The number of fused-ring (bicyclic) bond motifs is 2. The van der Waals surface area contributed by atoms with Crippen LogP contribution in [0.3, 0.4) is 0 Å². The highest BCUT2D eigenvalue weighted by Gasteiger charge is 2.53. The number of carboxylic acids is 2. The molecule has 4 N–H and O–H groups in total. The van der Waals surface area contributed by atoms with Crippen LogP contribution in [0.25, 0.3) is 4.83 Å². The minimum absolute atomic E-state index is 0.0131. The van der Waals surface area contributed by atoms with Crippen LogP contribution in [0, 0.1) is 11.3 Å². The second-order valence-corrected chi connectivity index (χ2v) is 11.4. The molecule has 18 heteroatoms. The molecular weight excluding hydrogens is 584 g/mol. The van der Waals surface area contributed by atoms with Gasteiger partial charge < -0.3 is 30.9 Å². The van der Waals surface area contributed by atoms with Gasteiger partial charge in [0.15, 0.2) is 10.8 Å². The fourth-order valence-electron chi connectivity index (χ4n) is 4.05. The van der Waals surface area contributed by atoms with Crippen LogP contribution in [0.15, 0.2) is 39.7 Å². The molecule has 1 saturated heterocycles. The smallest absolute Gasteiger partial charge is 0.347 e. The number of rotatable bonds is 9. The zero-order valence-corrected chi connectivity index (χ0v) is 22.8. The Balaban J connectivity index is 1.35. The predicted octanol–water partition coefficient (Wildman–Crippen LogP) is -1.50. The molecule has 0 aromatic carbocycles. The first kappa shape index (κ1) is 27.1. The summed E-state index contributed by atoms with van der Waals surface area (Å²) in [5.74, 6) is -4.17. The van der Waals surface area contributed by atoms with Gasteiger partial charge >= 0.3 is 5.97 Å². The van der Waals surface area contributed by atoms with Crippen molar-refractivity contribution >= 4 is 73.9 Å². The number of nitrogens with zero attached hydrogens (tertiary/aromatic N) is 6. The molecule has 0 radical (unpaired) electrons. The highest BCUT2D eigenvalue weighted by atomic mass is 32.2. The van der Waals surface area contributed by atoms with Gasteiger partial charge in [-0.15, -0.1) is 23.1 Å². The molecule has 1 fully saturated rings. The lowest BCUT2D eigenvalue weighted by molar-refractivity contribution is -0.687. The second-order valence-electron chi connectivity index (χ2n) is 8.56. The van der Waals surface area contributed by atoms with E-state index in [1.165, 1.54) is 35.4 Å². The molecule has 15 nitrogen and oxygen atoms in total. The average Bonchev–Trinajstić information content (AvgIpc) is 3.62. The third-order valence-corrected chi connectivity index (χ3v) is 8.87. The van der Waals surface area contributed by atoms with Gasteiger partial charge in [-0.1, -0.05) is 16.5 Å². The molecule has 0 unspecified atom stereocenters. The first-order chi connectivity index (χ1) is 19.1. The molecule has 40 heavy (non-hydrogen) atoms. The Labute approximate surface area is 236 Å². The summed E-state index contributed by atoms with van der Waals surface area (Å²) in [5.41, 5.74) is 5.86. The van der Waals surface area contributed by atoms with E-state index in [9.17, 15) is 29.5 Å². The van der Waals surface area contributed by atoms with E-state index in [0.29, 0.717) is 11.3 Å². The first-order valence-corrected chi connectivity index (χ1v) is 14.2. The molecule has 3 aromatic rings. The Hall–Kier alpha value is -4.47. The van der Waals surface area contributed by atoms with Crippen molar-refractivity contribution < 1.29 is 38.8 Å². The molecule has 5 rings (SSSR count). The summed E-state index contributed by atoms with van der Waals surface area (Å²) in [6.07, 6.45) is 2.06. The number of hydrogen-bond donors (Lipinski definition) is 3. The third-order valence-electron chi connectivity index (χ3n) is 5.97. The van der Waals surface area contributed by atoms with E-state index in [0.717, 1.165) is 21.1 Å². The number of aromatic nitrogens is 3. The number of imidazole rings is 1. The standard InChI is InChI=1S/C22H18N8O7S3/c1-9(20(33)34)37-27-14(12-7-40-22(24)25-12)17(31)26-15-18(32)30-16(21(35)36)10(5-39-19(15)30)3-28-4-13-29(8-28)11(2-23)6-38-13/h4,6-9,15,19H,3,5H2,1H3,(H4-,24,25,26,31,33,34,35,36)/b27-14-/t9-,15+,19+/m0/s1. The number of carbonyl (C=O) groups excluding carboxylic acids is 3. The molecule has 2 amide bonds. The largest absolute Gasteiger partial charge is 0.543 e. The summed E-state index contributed by atoms with van der Waals surface area (Å²) in [5, 5.41) is 39.1. The van der Waals surface area contributed by atoms with E-state index in [2.05, 4.69) is 21.5 Å². The normalized spacial score (nSPS) is 19.6. The number of nitrogen functional groups attached to an aromatic ring is 1. The Morgan fingerprint density at radius 1 is 1.43 bits per heavy atom. The van der Waals surface area contributed by atoms with Crippen molar-refractivity contribution in [2.24, 2.45) is 5.16 Å². The molecule has 5 heterocycles. The summed E-state index contributed by atoms with van der Waals surface area (Å²) < 4.78 is 3.40. The monoisotopic (exact) mass is 602 g/mol. The number of aliphatic carboxylic acids is 2. The lowest BCUT2D eigenvalue weighted by atomic mass is 10.0. The number of anilines is 1. The molecule has 2 aliphatic rings. The van der Waals surface area contributed by atoms with Crippen molar-refractivity contribution in [3.8, 4) is 6.07 Å². The third kappa shape index (κ3) is 4.85. The minimum atomic E-state index is -1.53. The van der Waals surface area contributed by atoms with Crippen LogP contribution in [0.5, 0.6) is 0 Å². The quantitative estimate of drug-likeness (QED) is 0.111. The number of oxime groups is 1. The van der Waals surface area contributed by atoms with Gasteiger partial charge in [-0.2, -0.15) is 9.66 Å². The minimum Gasteiger partial charge on any atom is -0.543 e. The van der Waals surface area contributed by atoms with Crippen molar-refractivity contribution in [3.05, 3.63) is 45.9 Å². The Kier molecular flexibility index (Phi) is 7.18. The number of thioether (sulfide) groups is 1. The van der Waals surface area contributed by atoms with E-state index in [4.69, 9.17) is 15.7 Å². The van der Waals surface area contributed by atoms with E-state index >= 15 is 0 Å². The van der Waals surface area contributed by atoms with Gasteiger partial charge in [0.2, 0.25) is 16.6 Å². The molecule has 206 valence electrons. The lowest BCUT2D eigenvalue weighted by Gasteiger charge is -2.50. The van der Waals surface area contributed by atoms with E-state index in [1.54, 1.807) is 26.9 Å². The van der Waals surface area contributed by atoms with Crippen LogP contribution in [0.4, 0.5) is 5.13 Å². The maximum absolute atomic E-state index is 13.1. The summed E-state index contributed by atoms with van der Waals surface area (Å²) in [6, 6.07) is 0.980. The summed E-state index contributed by atoms with van der Waals surface area (Å²) in [7, 11) is 0. The number of thiazole rings is 2. The number of carbonyl (C=O) groups is 4. The maximum atomic E-state index is 13.1. The molecule has 3 aromatic heterocycles. The molecule has 0 aliphatic carbocycles. The highest BCUT2D eigenvalue weighted by Crippen LogP contribution is 2.40. The average molecular weight is 603 g/mol. The first-order valence-electron chi connectivity index (χ1n) is 11.3. The molecule has 0 saturated carbocycles. The SMILES string of the molecule is C[C@H](O/N=C(\C(=O)N[C@@H]1C(=O)N2C(C(=O)[O-])=C(C[n+]3cc4scc(C#N)n4c3)CS[C@H]12)c1csc(N)n1)C(=O)O. The summed E-state index contributed by atoms with van der Waals surface area (Å²) >= 11 is 3.63. The van der Waals surface area contributed by atoms with Crippen molar-refractivity contribution in [2.75, 3.05) is 11.5 Å². The zero-order chi connectivity index (χ0) is 28.7. The Morgan fingerprint density at radius 3 is 2.85 bits per heavy atom. The van der Waals surface area contributed by atoms with Crippen LogP contribution in [0.1, 0.15) is 18.3 Å². The van der Waals surface area contributed by atoms with Gasteiger partial charge in [0, 0.05) is 16.7 Å². The number of nitriles is 1. The Bertz CT molecular complexity index is 1670. The van der Waals surface area contributed by atoms with Gasteiger partial charge in [-0.25, -0.2) is 14.3 Å². The van der Waals surface area contributed by atoms with Crippen LogP contribution in [-0.4, -0.2) is 72.1 Å². The number of nitrogens with one attached hydrogen (secondary N) is 1. The molecule has 3 atom stereocenters. The number of amides is 2. The van der Waals surface area contributed by atoms with Gasteiger partial charge in [-0.3, -0.25) is 14.5 Å². The zero-order valence-electron chi connectivity index (χ0n) is 20.3. The number of hydrogen-bond acceptors (Lipinski definition) is 13. The van der Waals surface area contributed by atoms with Crippen molar-refractivity contribution in [1.29, 1.82) is 5.26 Å². The van der Waals surface area contributed by atoms with Gasteiger partial charge in [0.25, 0.3) is 18.1 Å². The van der Waals surface area contributed by atoms with Gasteiger partial charge in [-0.05, 0) is 6.92 Å². The molecule has 2 aliphatic heterocycles. The highest BCUT2D eigenvalue weighted by molar-refractivity contribution is 8.00. The number of nitrogens with two attached hydrogens (primary N) is 1. The number of carboxylic acid groups (broad SMARTS) is 2. The van der Waals surface area contributed by atoms with E-state index < -0.39 is 47.0 Å². The van der Waals surface area contributed by atoms with Crippen LogP contribution >= 0.6 is 34.4 Å². The predicted molar refractivity (Wildman–Crippen MR) is 138 cm³/mol. The molecule has 0 bridgehead atoms. The van der Waals surface area contributed by atoms with Crippen LogP contribution in [-0.2, 0) is 30.6 Å². The van der Waals surface area contributed by atoms with Crippen LogP contribution < -0.4 is 20.7 Å². The van der Waals surface area contributed by atoms with Crippen molar-refractivity contribution in [1.82, 2.24) is 19.6 Å². The fourth-order valence-corrected chi connectivity index (χ4v) is 6.79. The van der Waals surface area contributed by atoms with E-state index in [-0.39, 0.29) is 28.8 Å². The topological polar surface area (TPSA) is 219 Å². The number of β-lactam (4-membered cyclic amide) rings is 1. The van der Waals surface area contributed by atoms with Crippen molar-refractivity contribution in [2.45, 2.75) is 31.0 Å². The summed E-state index contributed by atoms with van der Waals surface area (Å²) in [4.78, 5) is 60.1. The van der Waals surface area contributed by atoms with E-state index in [1.807, 2.05) is 0 Å². The summed E-state index contributed by atoms with van der Waals surface area (Å²) in [6.45, 7) is 1.36. The fraction of sp³-hybridized carbons (Fsp3) is 0.273. The van der Waals surface area contributed by atoms with Crippen LogP contribution in [0.2, 0.25) is 0 Å². The van der Waals surface area contributed by atoms with Gasteiger partial charge in [0.05, 0.1) is 17.0 Å². The van der Waals surface area contributed by atoms with Crippen molar-refractivity contribution in [3.63, 3.8) is 0 Å². The maximum Gasteiger partial charge on any atom is 0.347 e. The lowest BCUT2D eigenvalue weighted by Crippen LogP contribution is -2.71. The molecule has 0 spiro atoms. The molecular formula is C22H18N8O7S3. The Morgan fingerprint density at radius 2 is 2.20 bits per heavy atom. The van der Waals surface area contributed by atoms with Gasteiger partial charge in [0.1, 0.15) is 35.9 Å².